The quantitative estimate of drug-likeness (QED) is 0.921. The van der Waals surface area contributed by atoms with E-state index in [9.17, 15) is 22.8 Å². The molecule has 0 fully saturated rings. The van der Waals surface area contributed by atoms with Crippen LogP contribution in [-0.4, -0.2) is 9.71 Å². The molecular weight excluding hydrogens is 277 g/mol. The van der Waals surface area contributed by atoms with Gasteiger partial charge in [0, 0.05) is 6.07 Å². The largest absolute Gasteiger partial charge is 0.431 e. The van der Waals surface area contributed by atoms with E-state index in [4.69, 9.17) is 4.84 Å². The molecule has 1 N–H and O–H groups in total. The summed E-state index contributed by atoms with van der Waals surface area (Å²) in [6.45, 7) is -0.116. The summed E-state index contributed by atoms with van der Waals surface area (Å²) in [5.74, 6) is 0. The third kappa shape index (κ3) is 3.08. The van der Waals surface area contributed by atoms with Crippen molar-refractivity contribution < 1.29 is 18.0 Å². The molecule has 0 bridgehead atoms. The van der Waals surface area contributed by atoms with Crippen LogP contribution in [0.5, 0.6) is 0 Å². The van der Waals surface area contributed by atoms with Crippen LogP contribution in [0, 0.1) is 0 Å². The highest BCUT2D eigenvalue weighted by Gasteiger charge is 2.33. The van der Waals surface area contributed by atoms with Crippen molar-refractivity contribution in [3.63, 3.8) is 0 Å². The van der Waals surface area contributed by atoms with Gasteiger partial charge in [-0.25, -0.2) is 4.79 Å². The van der Waals surface area contributed by atoms with Gasteiger partial charge in [-0.2, -0.15) is 13.2 Å². The summed E-state index contributed by atoms with van der Waals surface area (Å²) in [6.07, 6.45) is -4.79. The van der Waals surface area contributed by atoms with Crippen LogP contribution in [0.2, 0.25) is 0 Å². The number of H-pyrrole nitrogens is 1. The molecule has 8 heteroatoms. The lowest BCUT2D eigenvalue weighted by molar-refractivity contribution is -0.141. The Kier molecular flexibility index (Phi) is 3.64. The second-order valence-electron chi connectivity index (χ2n) is 3.88. The second kappa shape index (κ2) is 5.24. The zero-order valence-corrected chi connectivity index (χ0v) is 9.98. The maximum absolute atomic E-state index is 12.4. The molecule has 0 unspecified atom stereocenters. The Morgan fingerprint density at radius 2 is 1.80 bits per heavy atom. The number of nitrogens with one attached hydrogen (secondary N) is 1. The molecule has 0 aliphatic carbocycles. The minimum atomic E-state index is -4.79. The summed E-state index contributed by atoms with van der Waals surface area (Å²) in [4.78, 5) is 29.3. The fourth-order valence-electron chi connectivity index (χ4n) is 1.47. The predicted molar refractivity (Wildman–Crippen MR) is 63.1 cm³/mol. The molecule has 0 spiro atoms. The van der Waals surface area contributed by atoms with Crippen LogP contribution in [0.15, 0.2) is 46.0 Å². The first-order chi connectivity index (χ1) is 9.38. The number of aromatic amines is 1. The molecule has 2 aromatic rings. The predicted octanol–water partition coefficient (Wildman–Crippen LogP) is 1.18. The fraction of sp³-hybridized carbons (Fsp3) is 0.167. The molecule has 0 saturated carbocycles. The maximum atomic E-state index is 12.4. The smallest absolute Gasteiger partial charge is 0.401 e. The van der Waals surface area contributed by atoms with Crippen molar-refractivity contribution >= 4 is 0 Å². The van der Waals surface area contributed by atoms with E-state index in [1.807, 2.05) is 0 Å². The van der Waals surface area contributed by atoms with Crippen molar-refractivity contribution in [1.82, 2.24) is 9.71 Å². The average molecular weight is 286 g/mol. The Hall–Kier alpha value is -2.51. The SMILES string of the molecule is O=c1cc(C(F)(F)F)[nH]c(=O)n1OCc1ccccc1. The molecule has 0 saturated heterocycles. The van der Waals surface area contributed by atoms with Gasteiger partial charge in [-0.3, -0.25) is 4.79 Å². The fourth-order valence-corrected chi connectivity index (χ4v) is 1.47. The minimum Gasteiger partial charge on any atom is -0.401 e. The van der Waals surface area contributed by atoms with Crippen LogP contribution in [-0.2, 0) is 12.8 Å². The number of hydrogen-bond donors (Lipinski definition) is 1. The number of hydrogen-bond acceptors (Lipinski definition) is 3. The van der Waals surface area contributed by atoms with Gasteiger partial charge in [0.25, 0.3) is 5.56 Å². The zero-order valence-electron chi connectivity index (χ0n) is 9.98. The molecule has 5 nitrogen and oxygen atoms in total. The van der Waals surface area contributed by atoms with Crippen LogP contribution in [0.1, 0.15) is 11.3 Å². The van der Waals surface area contributed by atoms with E-state index in [0.29, 0.717) is 5.56 Å². The summed E-state index contributed by atoms with van der Waals surface area (Å²) in [5.41, 5.74) is -3.21. The van der Waals surface area contributed by atoms with Crippen LogP contribution >= 0.6 is 0 Å². The van der Waals surface area contributed by atoms with Gasteiger partial charge in [-0.1, -0.05) is 35.1 Å². The van der Waals surface area contributed by atoms with Gasteiger partial charge in [0.2, 0.25) is 0 Å². The molecule has 0 atom stereocenters. The number of alkyl halides is 3. The van der Waals surface area contributed by atoms with Crippen molar-refractivity contribution in [2.24, 2.45) is 0 Å². The van der Waals surface area contributed by atoms with Gasteiger partial charge in [-0.15, -0.1) is 0 Å². The van der Waals surface area contributed by atoms with E-state index in [0.717, 1.165) is 0 Å². The third-order valence-electron chi connectivity index (χ3n) is 2.40. The summed E-state index contributed by atoms with van der Waals surface area (Å²) >= 11 is 0. The van der Waals surface area contributed by atoms with Crippen molar-refractivity contribution in [3.8, 4) is 0 Å². The molecule has 0 radical (unpaired) electrons. The molecule has 2 rings (SSSR count). The number of benzene rings is 1. The van der Waals surface area contributed by atoms with Crippen LogP contribution in [0.4, 0.5) is 13.2 Å². The Morgan fingerprint density at radius 3 is 2.35 bits per heavy atom. The highest BCUT2D eigenvalue weighted by Crippen LogP contribution is 2.25. The first-order valence-electron chi connectivity index (χ1n) is 5.49. The maximum Gasteiger partial charge on any atom is 0.431 e. The number of rotatable bonds is 3. The molecule has 0 aliphatic rings. The second-order valence-corrected chi connectivity index (χ2v) is 3.88. The first kappa shape index (κ1) is 13.9. The van der Waals surface area contributed by atoms with Gasteiger partial charge < -0.3 is 9.82 Å². The van der Waals surface area contributed by atoms with Gasteiger partial charge in [0.05, 0.1) is 0 Å². The summed E-state index contributed by atoms with van der Waals surface area (Å²) in [7, 11) is 0. The molecule has 1 aromatic carbocycles. The number of aromatic nitrogens is 2. The Morgan fingerprint density at radius 1 is 1.15 bits per heavy atom. The third-order valence-corrected chi connectivity index (χ3v) is 2.40. The molecule has 106 valence electrons. The highest BCUT2D eigenvalue weighted by atomic mass is 19.4. The first-order valence-corrected chi connectivity index (χ1v) is 5.49. The van der Waals surface area contributed by atoms with E-state index < -0.39 is 23.1 Å². The topological polar surface area (TPSA) is 64.1 Å². The van der Waals surface area contributed by atoms with Crippen LogP contribution in [0.25, 0.3) is 0 Å². The van der Waals surface area contributed by atoms with E-state index in [1.165, 1.54) is 0 Å². The van der Waals surface area contributed by atoms with Gasteiger partial charge in [0.15, 0.2) is 0 Å². The molecule has 0 aliphatic heterocycles. The minimum absolute atomic E-state index is 0.116. The van der Waals surface area contributed by atoms with E-state index >= 15 is 0 Å². The summed E-state index contributed by atoms with van der Waals surface area (Å²) in [5, 5.41) is 0. The van der Waals surface area contributed by atoms with Gasteiger partial charge in [-0.05, 0) is 5.56 Å². The van der Waals surface area contributed by atoms with E-state index in [1.54, 1.807) is 35.3 Å². The Balaban J connectivity index is 2.26. The van der Waals surface area contributed by atoms with Crippen LogP contribution < -0.4 is 16.1 Å². The van der Waals surface area contributed by atoms with E-state index in [2.05, 4.69) is 0 Å². The van der Waals surface area contributed by atoms with Crippen molar-refractivity contribution in [2.75, 3.05) is 0 Å². The van der Waals surface area contributed by atoms with Crippen molar-refractivity contribution in [1.29, 1.82) is 0 Å². The lowest BCUT2D eigenvalue weighted by Crippen LogP contribution is -2.41. The van der Waals surface area contributed by atoms with Crippen LogP contribution in [0.3, 0.4) is 0 Å². The molecule has 20 heavy (non-hydrogen) atoms. The highest BCUT2D eigenvalue weighted by molar-refractivity contribution is 5.13. The monoisotopic (exact) mass is 286 g/mol. The Bertz CT molecular complexity index is 673. The molecule has 1 heterocycles. The summed E-state index contributed by atoms with van der Waals surface area (Å²) < 4.78 is 37.4. The average Bonchev–Trinajstić information content (AvgIpc) is 2.37. The molecule has 0 amide bonds. The number of halogens is 3. The molecule has 1 aromatic heterocycles. The van der Waals surface area contributed by atoms with Crippen molar-refractivity contribution in [2.45, 2.75) is 12.8 Å². The van der Waals surface area contributed by atoms with Gasteiger partial charge in [0.1, 0.15) is 12.3 Å². The van der Waals surface area contributed by atoms with E-state index in [-0.39, 0.29) is 17.4 Å². The molecular formula is C12H9F3N2O3. The number of nitrogens with zero attached hydrogens (tertiary/aromatic N) is 1. The lowest BCUT2D eigenvalue weighted by atomic mass is 10.2. The summed E-state index contributed by atoms with van der Waals surface area (Å²) in [6, 6.07) is 8.84. The zero-order chi connectivity index (χ0) is 14.8. The standard InChI is InChI=1S/C12H9F3N2O3/c13-12(14,15)9-6-10(18)17(11(19)16-9)20-7-8-4-2-1-3-5-8/h1-6H,7H2,(H,16,19). The lowest BCUT2D eigenvalue weighted by Gasteiger charge is -2.09. The van der Waals surface area contributed by atoms with Crippen molar-refractivity contribution in [3.05, 3.63) is 68.5 Å². The normalized spacial score (nSPS) is 11.3. The van der Waals surface area contributed by atoms with Gasteiger partial charge >= 0.3 is 11.9 Å². The Labute approximate surface area is 110 Å².